The number of rotatable bonds is 5. The smallest absolute Gasteiger partial charge is 0.315 e. The molecule has 1 aliphatic carbocycles. The van der Waals surface area contributed by atoms with Crippen molar-refractivity contribution in [2.45, 2.75) is 38.3 Å². The molecule has 2 heterocycles. The normalized spacial score (nSPS) is 15.2. The highest BCUT2D eigenvalue weighted by atomic mass is 16.3. The Morgan fingerprint density at radius 2 is 2.24 bits per heavy atom. The van der Waals surface area contributed by atoms with Gasteiger partial charge in [0.1, 0.15) is 0 Å². The summed E-state index contributed by atoms with van der Waals surface area (Å²) in [4.78, 5) is 11.7. The van der Waals surface area contributed by atoms with Crippen molar-refractivity contribution in [2.24, 2.45) is 0 Å². The first-order valence-corrected chi connectivity index (χ1v) is 7.40. The van der Waals surface area contributed by atoms with E-state index in [1.807, 2.05) is 16.9 Å². The lowest BCUT2D eigenvalue weighted by Crippen LogP contribution is -2.41. The Balaban J connectivity index is 1.42. The molecule has 0 aromatic carbocycles. The van der Waals surface area contributed by atoms with Gasteiger partial charge < -0.3 is 15.1 Å². The van der Waals surface area contributed by atoms with Crippen molar-refractivity contribution in [3.05, 3.63) is 31.0 Å². The first kappa shape index (κ1) is 13.7. The van der Waals surface area contributed by atoms with E-state index in [9.17, 15) is 4.79 Å². The second kappa shape index (κ2) is 6.47. The first-order chi connectivity index (χ1) is 10.3. The highest BCUT2D eigenvalue weighted by molar-refractivity contribution is 5.74. The van der Waals surface area contributed by atoms with E-state index >= 15 is 0 Å². The number of furan rings is 1. The third kappa shape index (κ3) is 3.65. The summed E-state index contributed by atoms with van der Waals surface area (Å²) in [6.45, 7) is 1.21. The molecule has 2 N–H and O–H groups in total. The summed E-state index contributed by atoms with van der Waals surface area (Å²) in [7, 11) is 0. The Morgan fingerprint density at radius 1 is 1.38 bits per heavy atom. The van der Waals surface area contributed by atoms with Gasteiger partial charge in [-0.1, -0.05) is 12.8 Å². The van der Waals surface area contributed by atoms with Gasteiger partial charge in [-0.2, -0.15) is 5.10 Å². The van der Waals surface area contributed by atoms with E-state index in [1.165, 1.54) is 12.8 Å². The SMILES string of the molecule is O=C(NCCn1cc(-c2ccoc2)cn1)NC1CCCC1. The second-order valence-electron chi connectivity index (χ2n) is 5.39. The van der Waals surface area contributed by atoms with Crippen molar-refractivity contribution in [1.29, 1.82) is 0 Å². The van der Waals surface area contributed by atoms with Gasteiger partial charge in [0.2, 0.25) is 0 Å². The van der Waals surface area contributed by atoms with Gasteiger partial charge in [0.25, 0.3) is 0 Å². The van der Waals surface area contributed by atoms with Crippen LogP contribution in [-0.4, -0.2) is 28.4 Å². The molecular formula is C15H20N4O2. The second-order valence-corrected chi connectivity index (χ2v) is 5.39. The molecule has 6 nitrogen and oxygen atoms in total. The maximum absolute atomic E-state index is 11.7. The number of carbonyl (C=O) groups excluding carboxylic acids is 1. The molecule has 1 saturated carbocycles. The third-order valence-electron chi connectivity index (χ3n) is 3.80. The minimum atomic E-state index is -0.0795. The van der Waals surface area contributed by atoms with E-state index in [4.69, 9.17) is 4.42 Å². The number of aromatic nitrogens is 2. The summed E-state index contributed by atoms with van der Waals surface area (Å²) in [5.74, 6) is 0. The van der Waals surface area contributed by atoms with E-state index in [1.54, 1.807) is 18.7 Å². The van der Waals surface area contributed by atoms with E-state index in [-0.39, 0.29) is 6.03 Å². The van der Waals surface area contributed by atoms with Crippen molar-refractivity contribution in [1.82, 2.24) is 20.4 Å². The monoisotopic (exact) mass is 288 g/mol. The molecule has 0 unspecified atom stereocenters. The summed E-state index contributed by atoms with van der Waals surface area (Å²) in [5.41, 5.74) is 2.02. The molecule has 0 saturated heterocycles. The standard InChI is InChI=1S/C15H20N4O2/c20-15(18-14-3-1-2-4-14)16-6-7-19-10-13(9-17-19)12-5-8-21-11-12/h5,8-11,14H,1-4,6-7H2,(H2,16,18,20). The topological polar surface area (TPSA) is 72.1 Å². The molecule has 2 aromatic heterocycles. The third-order valence-corrected chi connectivity index (χ3v) is 3.80. The molecule has 3 rings (SSSR count). The zero-order valence-corrected chi connectivity index (χ0v) is 11.9. The minimum absolute atomic E-state index is 0.0795. The molecule has 112 valence electrons. The number of urea groups is 1. The lowest BCUT2D eigenvalue weighted by Gasteiger charge is -2.12. The van der Waals surface area contributed by atoms with Gasteiger partial charge in [0.05, 0.1) is 25.3 Å². The number of carbonyl (C=O) groups is 1. The zero-order chi connectivity index (χ0) is 14.5. The lowest BCUT2D eigenvalue weighted by molar-refractivity contribution is 0.236. The van der Waals surface area contributed by atoms with Crippen LogP contribution in [0.4, 0.5) is 4.79 Å². The first-order valence-electron chi connectivity index (χ1n) is 7.40. The van der Waals surface area contributed by atoms with Crippen molar-refractivity contribution >= 4 is 6.03 Å². The fraction of sp³-hybridized carbons (Fsp3) is 0.467. The Morgan fingerprint density at radius 3 is 3.00 bits per heavy atom. The molecule has 0 bridgehead atoms. The van der Waals surface area contributed by atoms with Crippen LogP contribution in [-0.2, 0) is 6.54 Å². The van der Waals surface area contributed by atoms with Gasteiger partial charge in [-0.15, -0.1) is 0 Å². The van der Waals surface area contributed by atoms with Crippen molar-refractivity contribution < 1.29 is 9.21 Å². The molecule has 1 fully saturated rings. The molecule has 21 heavy (non-hydrogen) atoms. The van der Waals surface area contributed by atoms with Crippen LogP contribution in [0.15, 0.2) is 35.4 Å². The van der Waals surface area contributed by atoms with Crippen molar-refractivity contribution in [3.8, 4) is 11.1 Å². The summed E-state index contributed by atoms with van der Waals surface area (Å²) < 4.78 is 6.87. The Kier molecular flexibility index (Phi) is 4.23. The van der Waals surface area contributed by atoms with Crippen LogP contribution >= 0.6 is 0 Å². The van der Waals surface area contributed by atoms with Crippen molar-refractivity contribution in [2.75, 3.05) is 6.54 Å². The lowest BCUT2D eigenvalue weighted by atomic mass is 10.2. The van der Waals surface area contributed by atoms with Gasteiger partial charge in [0, 0.05) is 29.9 Å². The molecule has 0 aliphatic heterocycles. The molecule has 0 atom stereocenters. The zero-order valence-electron chi connectivity index (χ0n) is 11.9. The maximum Gasteiger partial charge on any atom is 0.315 e. The van der Waals surface area contributed by atoms with Crippen LogP contribution in [0.25, 0.3) is 11.1 Å². The van der Waals surface area contributed by atoms with Crippen LogP contribution in [0, 0.1) is 0 Å². The predicted molar refractivity (Wildman–Crippen MR) is 78.7 cm³/mol. The Labute approximate surface area is 123 Å². The molecular weight excluding hydrogens is 268 g/mol. The van der Waals surface area contributed by atoms with Crippen LogP contribution in [0.1, 0.15) is 25.7 Å². The van der Waals surface area contributed by atoms with Crippen LogP contribution in [0.3, 0.4) is 0 Å². The summed E-state index contributed by atoms with van der Waals surface area (Å²) >= 11 is 0. The summed E-state index contributed by atoms with van der Waals surface area (Å²) in [6.07, 6.45) is 11.7. The predicted octanol–water partition coefficient (Wildman–Crippen LogP) is 2.38. The average molecular weight is 288 g/mol. The average Bonchev–Trinajstić information content (AvgIpc) is 3.21. The minimum Gasteiger partial charge on any atom is -0.472 e. The summed E-state index contributed by atoms with van der Waals surface area (Å²) in [5, 5.41) is 10.1. The van der Waals surface area contributed by atoms with Gasteiger partial charge >= 0.3 is 6.03 Å². The van der Waals surface area contributed by atoms with E-state index in [0.29, 0.717) is 19.1 Å². The van der Waals surface area contributed by atoms with Gasteiger partial charge in [0.15, 0.2) is 0 Å². The largest absolute Gasteiger partial charge is 0.472 e. The molecule has 1 aliphatic rings. The van der Waals surface area contributed by atoms with E-state index in [0.717, 1.165) is 24.0 Å². The van der Waals surface area contributed by atoms with Gasteiger partial charge in [-0.3, -0.25) is 4.68 Å². The Bertz CT molecular complexity index is 570. The summed E-state index contributed by atoms with van der Waals surface area (Å²) in [6, 6.07) is 2.17. The van der Waals surface area contributed by atoms with Gasteiger partial charge in [-0.05, 0) is 18.9 Å². The molecule has 0 spiro atoms. The van der Waals surface area contributed by atoms with E-state index in [2.05, 4.69) is 15.7 Å². The fourth-order valence-electron chi connectivity index (χ4n) is 2.65. The van der Waals surface area contributed by atoms with Crippen LogP contribution in [0.5, 0.6) is 0 Å². The highest BCUT2D eigenvalue weighted by Crippen LogP contribution is 2.18. The molecule has 2 amide bonds. The maximum atomic E-state index is 11.7. The number of hydrogen-bond acceptors (Lipinski definition) is 3. The quantitative estimate of drug-likeness (QED) is 0.887. The molecule has 6 heteroatoms. The molecule has 2 aromatic rings. The van der Waals surface area contributed by atoms with Crippen LogP contribution in [0.2, 0.25) is 0 Å². The highest BCUT2D eigenvalue weighted by Gasteiger charge is 2.16. The Hall–Kier alpha value is -2.24. The number of hydrogen-bond donors (Lipinski definition) is 2. The molecule has 0 radical (unpaired) electrons. The van der Waals surface area contributed by atoms with Crippen molar-refractivity contribution in [3.63, 3.8) is 0 Å². The number of nitrogens with one attached hydrogen (secondary N) is 2. The van der Waals surface area contributed by atoms with Crippen LogP contribution < -0.4 is 10.6 Å². The number of nitrogens with zero attached hydrogens (tertiary/aromatic N) is 2. The van der Waals surface area contributed by atoms with Gasteiger partial charge in [-0.25, -0.2) is 4.79 Å². The fourth-order valence-corrected chi connectivity index (χ4v) is 2.65. The number of amides is 2. The van der Waals surface area contributed by atoms with E-state index < -0.39 is 0 Å².